The largest absolute Gasteiger partial charge is 0.464 e. The van der Waals surface area contributed by atoms with Crippen molar-refractivity contribution in [2.24, 2.45) is 0 Å². The molecule has 2 N–H and O–H groups in total. The molecule has 2 aromatic rings. The zero-order valence-electron chi connectivity index (χ0n) is 9.68. The van der Waals surface area contributed by atoms with E-state index in [1.165, 1.54) is 7.11 Å². The van der Waals surface area contributed by atoms with Gasteiger partial charge in [-0.2, -0.15) is 0 Å². The van der Waals surface area contributed by atoms with E-state index in [0.29, 0.717) is 5.02 Å². The Hall–Kier alpha value is -2.07. The van der Waals surface area contributed by atoms with Crippen LogP contribution in [-0.4, -0.2) is 18.1 Å². The third kappa shape index (κ3) is 2.28. The van der Waals surface area contributed by atoms with E-state index in [-0.39, 0.29) is 11.4 Å². The molecule has 0 aliphatic carbocycles. The molecule has 0 saturated heterocycles. The lowest BCUT2D eigenvalue weighted by atomic mass is 10.1. The molecule has 1 heterocycles. The Labute approximate surface area is 109 Å². The molecule has 0 atom stereocenters. The first-order valence-corrected chi connectivity index (χ1v) is 5.60. The van der Waals surface area contributed by atoms with Crippen molar-refractivity contribution in [1.82, 2.24) is 4.98 Å². The molecular weight excluding hydrogens is 252 g/mol. The Kier molecular flexibility index (Phi) is 3.48. The monoisotopic (exact) mass is 262 g/mol. The van der Waals surface area contributed by atoms with E-state index in [9.17, 15) is 4.79 Å². The Bertz CT molecular complexity index is 599. The molecule has 92 valence electrons. The number of nitrogens with two attached hydrogens (primary N) is 1. The van der Waals surface area contributed by atoms with Gasteiger partial charge in [0.1, 0.15) is 0 Å². The highest BCUT2D eigenvalue weighted by molar-refractivity contribution is 6.33. The zero-order chi connectivity index (χ0) is 13.1. The number of nitrogens with zero attached hydrogens (tertiary/aromatic N) is 1. The van der Waals surface area contributed by atoms with Crippen LogP contribution in [0.3, 0.4) is 0 Å². The zero-order valence-corrected chi connectivity index (χ0v) is 10.4. The highest BCUT2D eigenvalue weighted by atomic mass is 35.5. The van der Waals surface area contributed by atoms with E-state index in [4.69, 9.17) is 17.3 Å². The lowest BCUT2D eigenvalue weighted by molar-refractivity contribution is 0.0595. The fourth-order valence-corrected chi connectivity index (χ4v) is 1.84. The van der Waals surface area contributed by atoms with Crippen LogP contribution < -0.4 is 5.73 Å². The fourth-order valence-electron chi connectivity index (χ4n) is 1.59. The molecular formula is C13H11ClN2O2. The summed E-state index contributed by atoms with van der Waals surface area (Å²) in [6, 6.07) is 9.00. The first-order chi connectivity index (χ1) is 8.63. The summed E-state index contributed by atoms with van der Waals surface area (Å²) < 4.78 is 4.58. The number of methoxy groups -OCH3 is 1. The molecule has 1 aromatic carbocycles. The van der Waals surface area contributed by atoms with Gasteiger partial charge < -0.3 is 10.5 Å². The van der Waals surface area contributed by atoms with Crippen LogP contribution in [0.2, 0.25) is 5.02 Å². The van der Waals surface area contributed by atoms with Gasteiger partial charge in [-0.15, -0.1) is 0 Å². The summed E-state index contributed by atoms with van der Waals surface area (Å²) in [4.78, 5) is 15.4. The summed E-state index contributed by atoms with van der Waals surface area (Å²) in [5.74, 6) is -0.557. The number of carbonyl (C=O) groups is 1. The van der Waals surface area contributed by atoms with Crippen LogP contribution in [0.4, 0.5) is 5.69 Å². The average molecular weight is 263 g/mol. The van der Waals surface area contributed by atoms with Gasteiger partial charge in [0.15, 0.2) is 5.69 Å². The van der Waals surface area contributed by atoms with E-state index < -0.39 is 5.97 Å². The topological polar surface area (TPSA) is 65.2 Å². The number of ether oxygens (including phenoxy) is 1. The number of benzene rings is 1. The second-order valence-electron chi connectivity index (χ2n) is 3.63. The van der Waals surface area contributed by atoms with Crippen LogP contribution in [-0.2, 0) is 4.74 Å². The minimum absolute atomic E-state index is 0.105. The normalized spacial score (nSPS) is 10.1. The van der Waals surface area contributed by atoms with Crippen LogP contribution in [0.25, 0.3) is 11.1 Å². The molecule has 0 saturated carbocycles. The summed E-state index contributed by atoms with van der Waals surface area (Å²) in [7, 11) is 1.28. The molecule has 0 bridgehead atoms. The summed E-state index contributed by atoms with van der Waals surface area (Å²) >= 11 is 6.08. The van der Waals surface area contributed by atoms with Gasteiger partial charge in [-0.25, -0.2) is 9.78 Å². The van der Waals surface area contributed by atoms with Crippen molar-refractivity contribution in [1.29, 1.82) is 0 Å². The fraction of sp³-hybridized carbons (Fsp3) is 0.0769. The highest BCUT2D eigenvalue weighted by Crippen LogP contribution is 2.28. The van der Waals surface area contributed by atoms with E-state index in [1.54, 1.807) is 18.3 Å². The molecule has 0 aliphatic rings. The number of esters is 1. The number of carbonyl (C=O) groups excluding carboxylic acids is 1. The summed E-state index contributed by atoms with van der Waals surface area (Å²) in [6.07, 6.45) is 1.55. The van der Waals surface area contributed by atoms with Crippen molar-refractivity contribution in [3.63, 3.8) is 0 Å². The molecule has 0 amide bonds. The van der Waals surface area contributed by atoms with Crippen molar-refractivity contribution < 1.29 is 9.53 Å². The molecule has 18 heavy (non-hydrogen) atoms. The van der Waals surface area contributed by atoms with E-state index >= 15 is 0 Å². The maximum absolute atomic E-state index is 11.4. The number of aromatic nitrogens is 1. The SMILES string of the molecule is COC(=O)c1ncc(-c2ccccc2Cl)cc1N. The lowest BCUT2D eigenvalue weighted by Crippen LogP contribution is -2.08. The number of rotatable bonds is 2. The second kappa shape index (κ2) is 5.06. The first-order valence-electron chi connectivity index (χ1n) is 5.22. The number of anilines is 1. The van der Waals surface area contributed by atoms with E-state index in [0.717, 1.165) is 11.1 Å². The predicted octanol–water partition coefficient (Wildman–Crippen LogP) is 2.77. The molecule has 0 unspecified atom stereocenters. The van der Waals surface area contributed by atoms with Crippen molar-refractivity contribution in [3.8, 4) is 11.1 Å². The third-order valence-electron chi connectivity index (χ3n) is 2.48. The minimum Gasteiger partial charge on any atom is -0.464 e. The standard InChI is InChI=1S/C13H11ClN2O2/c1-18-13(17)12-11(15)6-8(7-16-12)9-4-2-3-5-10(9)14/h2-7H,15H2,1H3. The van der Waals surface area contributed by atoms with Gasteiger partial charge in [0, 0.05) is 22.3 Å². The molecule has 0 fully saturated rings. The molecule has 1 aromatic heterocycles. The van der Waals surface area contributed by atoms with Gasteiger partial charge in [-0.05, 0) is 12.1 Å². The number of pyridine rings is 1. The smallest absolute Gasteiger partial charge is 0.358 e. The number of hydrogen-bond donors (Lipinski definition) is 1. The van der Waals surface area contributed by atoms with Gasteiger partial charge in [0.25, 0.3) is 0 Å². The van der Waals surface area contributed by atoms with Crippen LogP contribution in [0.15, 0.2) is 36.5 Å². The summed E-state index contributed by atoms with van der Waals surface area (Å²) in [6.45, 7) is 0. The van der Waals surface area contributed by atoms with Crippen LogP contribution in [0, 0.1) is 0 Å². The Morgan fingerprint density at radius 2 is 2.11 bits per heavy atom. The van der Waals surface area contributed by atoms with Gasteiger partial charge in [0.2, 0.25) is 0 Å². The van der Waals surface area contributed by atoms with Crippen LogP contribution >= 0.6 is 11.6 Å². The third-order valence-corrected chi connectivity index (χ3v) is 2.81. The molecule has 0 aliphatic heterocycles. The van der Waals surface area contributed by atoms with Crippen LogP contribution in [0.5, 0.6) is 0 Å². The van der Waals surface area contributed by atoms with Gasteiger partial charge >= 0.3 is 5.97 Å². The summed E-state index contributed by atoms with van der Waals surface area (Å²) in [5, 5.41) is 0.601. The second-order valence-corrected chi connectivity index (χ2v) is 4.04. The Morgan fingerprint density at radius 1 is 1.39 bits per heavy atom. The number of hydrogen-bond acceptors (Lipinski definition) is 4. The highest BCUT2D eigenvalue weighted by Gasteiger charge is 2.13. The number of halogens is 1. The molecule has 0 spiro atoms. The minimum atomic E-state index is -0.557. The molecule has 2 rings (SSSR count). The molecule has 0 radical (unpaired) electrons. The first kappa shape index (κ1) is 12.4. The summed E-state index contributed by atoms with van der Waals surface area (Å²) in [5.41, 5.74) is 7.72. The van der Waals surface area contributed by atoms with Crippen molar-refractivity contribution in [2.45, 2.75) is 0 Å². The van der Waals surface area contributed by atoms with E-state index in [2.05, 4.69) is 9.72 Å². The van der Waals surface area contributed by atoms with Crippen molar-refractivity contribution in [2.75, 3.05) is 12.8 Å². The van der Waals surface area contributed by atoms with Crippen molar-refractivity contribution >= 4 is 23.3 Å². The molecule has 4 nitrogen and oxygen atoms in total. The van der Waals surface area contributed by atoms with Gasteiger partial charge in [0.05, 0.1) is 12.8 Å². The van der Waals surface area contributed by atoms with Gasteiger partial charge in [-0.3, -0.25) is 0 Å². The predicted molar refractivity (Wildman–Crippen MR) is 70.4 cm³/mol. The van der Waals surface area contributed by atoms with Crippen LogP contribution in [0.1, 0.15) is 10.5 Å². The van der Waals surface area contributed by atoms with E-state index in [1.807, 2.05) is 18.2 Å². The quantitative estimate of drug-likeness (QED) is 0.845. The maximum Gasteiger partial charge on any atom is 0.358 e. The Morgan fingerprint density at radius 3 is 2.72 bits per heavy atom. The molecule has 5 heteroatoms. The average Bonchev–Trinajstić information content (AvgIpc) is 2.38. The van der Waals surface area contributed by atoms with Gasteiger partial charge in [-0.1, -0.05) is 29.8 Å². The Balaban J connectivity index is 2.47. The lowest BCUT2D eigenvalue weighted by Gasteiger charge is -2.07. The number of nitrogen functional groups attached to an aromatic ring is 1. The van der Waals surface area contributed by atoms with Crippen molar-refractivity contribution in [3.05, 3.63) is 47.2 Å². The maximum atomic E-state index is 11.4.